The Bertz CT molecular complexity index is 710. The van der Waals surface area contributed by atoms with E-state index >= 15 is 0 Å². The lowest BCUT2D eigenvalue weighted by Gasteiger charge is -2.07. The molecule has 1 aromatic carbocycles. The van der Waals surface area contributed by atoms with Crippen molar-refractivity contribution in [2.24, 2.45) is 5.84 Å². The lowest BCUT2D eigenvalue weighted by molar-refractivity contribution is -0.384. The van der Waals surface area contributed by atoms with Crippen molar-refractivity contribution in [1.29, 1.82) is 0 Å². The molecule has 0 unspecified atom stereocenters. The molecule has 1 heterocycles. The summed E-state index contributed by atoms with van der Waals surface area (Å²) in [4.78, 5) is 22.6. The molecule has 0 atom stereocenters. The topological polar surface area (TPSA) is 136 Å². The van der Waals surface area contributed by atoms with E-state index in [1.165, 1.54) is 18.2 Å². The standard InChI is InChI=1S/C12H13N5O4/c1-6-7(2)16-21-12(6)14-11(18)8-4-3-5-9(15-13)10(8)17(19)20/h3-5,15H,13H2,1-2H3,(H,14,18). The normalized spacial score (nSPS) is 10.2. The second-order valence-electron chi connectivity index (χ2n) is 4.28. The Morgan fingerprint density at radius 1 is 1.43 bits per heavy atom. The fourth-order valence-electron chi connectivity index (χ4n) is 1.74. The highest BCUT2D eigenvalue weighted by atomic mass is 16.6. The van der Waals surface area contributed by atoms with Crippen LogP contribution in [0.1, 0.15) is 21.6 Å². The van der Waals surface area contributed by atoms with Crippen molar-refractivity contribution in [3.63, 3.8) is 0 Å². The van der Waals surface area contributed by atoms with E-state index in [-0.39, 0.29) is 17.1 Å². The molecule has 2 aromatic rings. The summed E-state index contributed by atoms with van der Waals surface area (Å²) in [6.45, 7) is 3.43. The maximum absolute atomic E-state index is 12.2. The summed E-state index contributed by atoms with van der Waals surface area (Å²) < 4.78 is 4.95. The van der Waals surface area contributed by atoms with Gasteiger partial charge in [-0.1, -0.05) is 11.2 Å². The minimum absolute atomic E-state index is 0.0399. The number of nitrogens with one attached hydrogen (secondary N) is 2. The van der Waals surface area contributed by atoms with Crippen LogP contribution >= 0.6 is 0 Å². The van der Waals surface area contributed by atoms with Crippen LogP contribution in [0.25, 0.3) is 0 Å². The summed E-state index contributed by atoms with van der Waals surface area (Å²) in [5.74, 6) is 4.69. The van der Waals surface area contributed by atoms with Gasteiger partial charge in [-0.05, 0) is 26.0 Å². The molecule has 9 heteroatoms. The Morgan fingerprint density at radius 2 is 2.14 bits per heavy atom. The maximum Gasteiger partial charge on any atom is 0.306 e. The first-order valence-electron chi connectivity index (χ1n) is 5.94. The van der Waals surface area contributed by atoms with Crippen molar-refractivity contribution >= 4 is 23.2 Å². The van der Waals surface area contributed by atoms with E-state index in [2.05, 4.69) is 15.9 Å². The number of hydrogen-bond acceptors (Lipinski definition) is 7. The summed E-state index contributed by atoms with van der Waals surface area (Å²) >= 11 is 0. The van der Waals surface area contributed by atoms with Gasteiger partial charge in [0.25, 0.3) is 5.91 Å². The van der Waals surface area contributed by atoms with Gasteiger partial charge >= 0.3 is 5.69 Å². The molecule has 4 N–H and O–H groups in total. The van der Waals surface area contributed by atoms with Crippen LogP contribution in [0.5, 0.6) is 0 Å². The van der Waals surface area contributed by atoms with Crippen molar-refractivity contribution in [2.75, 3.05) is 10.7 Å². The molecule has 0 saturated carbocycles. The molecule has 1 aromatic heterocycles. The first-order chi connectivity index (χ1) is 9.95. The minimum atomic E-state index is -0.682. The molecule has 0 aliphatic carbocycles. The Labute approximate surface area is 119 Å². The van der Waals surface area contributed by atoms with Gasteiger partial charge in [-0.15, -0.1) is 0 Å². The summed E-state index contributed by atoms with van der Waals surface area (Å²) in [5.41, 5.74) is 2.96. The number of nitrogens with two attached hydrogens (primary N) is 1. The number of amides is 1. The molecule has 1 amide bonds. The molecule has 21 heavy (non-hydrogen) atoms. The second-order valence-corrected chi connectivity index (χ2v) is 4.28. The Hall–Kier alpha value is -2.94. The fraction of sp³-hybridized carbons (Fsp3) is 0.167. The molecule has 110 valence electrons. The van der Waals surface area contributed by atoms with Gasteiger partial charge in [-0.3, -0.25) is 26.1 Å². The van der Waals surface area contributed by atoms with Crippen molar-refractivity contribution in [3.05, 3.63) is 45.1 Å². The van der Waals surface area contributed by atoms with Crippen LogP contribution in [-0.4, -0.2) is 16.0 Å². The highest BCUT2D eigenvalue weighted by molar-refractivity contribution is 6.08. The average molecular weight is 291 g/mol. The molecule has 0 saturated heterocycles. The Kier molecular flexibility index (Phi) is 3.85. The van der Waals surface area contributed by atoms with Gasteiger partial charge in [-0.25, -0.2) is 0 Å². The Balaban J connectivity index is 2.40. The SMILES string of the molecule is Cc1noc(NC(=O)c2cccc(NN)c2[N+](=O)[O-])c1C. The van der Waals surface area contributed by atoms with Crippen LogP contribution in [0.3, 0.4) is 0 Å². The number of hydrogen-bond donors (Lipinski definition) is 3. The summed E-state index contributed by atoms with van der Waals surface area (Å²) in [6.07, 6.45) is 0. The molecule has 9 nitrogen and oxygen atoms in total. The number of nitro benzene ring substituents is 1. The monoisotopic (exact) mass is 291 g/mol. The predicted molar refractivity (Wildman–Crippen MR) is 74.8 cm³/mol. The average Bonchev–Trinajstić information content (AvgIpc) is 2.78. The zero-order chi connectivity index (χ0) is 15.6. The van der Waals surface area contributed by atoms with E-state index in [1.807, 2.05) is 0 Å². The lowest BCUT2D eigenvalue weighted by Crippen LogP contribution is -2.16. The molecule has 0 aliphatic heterocycles. The van der Waals surface area contributed by atoms with Crippen LogP contribution in [-0.2, 0) is 0 Å². The molecule has 2 rings (SSSR count). The number of benzene rings is 1. The first kappa shape index (κ1) is 14.5. The number of aromatic nitrogens is 1. The van der Waals surface area contributed by atoms with Crippen LogP contribution in [0, 0.1) is 24.0 Å². The van der Waals surface area contributed by atoms with Gasteiger partial charge in [0.1, 0.15) is 11.3 Å². The summed E-state index contributed by atoms with van der Waals surface area (Å²) in [7, 11) is 0. The second kappa shape index (κ2) is 5.59. The number of nitrogens with zero attached hydrogens (tertiary/aromatic N) is 2. The van der Waals surface area contributed by atoms with E-state index in [0.717, 1.165) is 0 Å². The van der Waals surface area contributed by atoms with Gasteiger partial charge < -0.3 is 9.95 Å². The summed E-state index contributed by atoms with van der Waals surface area (Å²) in [5, 5.41) is 17.3. The zero-order valence-electron chi connectivity index (χ0n) is 11.3. The third-order valence-electron chi connectivity index (χ3n) is 3.00. The molecular weight excluding hydrogens is 278 g/mol. The number of anilines is 2. The molecule has 0 spiro atoms. The Morgan fingerprint density at radius 3 is 2.67 bits per heavy atom. The predicted octanol–water partition coefficient (Wildman–Crippen LogP) is 1.74. The number of nitrogen functional groups attached to an aromatic ring is 1. The number of aryl methyl sites for hydroxylation is 1. The van der Waals surface area contributed by atoms with Crippen molar-refractivity contribution in [1.82, 2.24) is 5.16 Å². The van der Waals surface area contributed by atoms with Crippen LogP contribution in [0.15, 0.2) is 22.7 Å². The molecule has 0 fully saturated rings. The number of carbonyl (C=O) groups is 1. The van der Waals surface area contributed by atoms with Gasteiger partial charge in [0, 0.05) is 5.56 Å². The molecular formula is C12H13N5O4. The third-order valence-corrected chi connectivity index (χ3v) is 3.00. The first-order valence-corrected chi connectivity index (χ1v) is 5.94. The van der Waals surface area contributed by atoms with Crippen LogP contribution in [0.4, 0.5) is 17.3 Å². The fourth-order valence-corrected chi connectivity index (χ4v) is 1.74. The zero-order valence-corrected chi connectivity index (χ0v) is 11.3. The molecule has 0 bridgehead atoms. The minimum Gasteiger partial charge on any atom is -0.338 e. The van der Waals surface area contributed by atoms with Crippen LogP contribution in [0.2, 0.25) is 0 Å². The van der Waals surface area contributed by atoms with E-state index in [9.17, 15) is 14.9 Å². The number of rotatable bonds is 4. The third kappa shape index (κ3) is 2.67. The van der Waals surface area contributed by atoms with E-state index < -0.39 is 16.5 Å². The van der Waals surface area contributed by atoms with Crippen molar-refractivity contribution in [2.45, 2.75) is 13.8 Å². The van der Waals surface area contributed by atoms with Gasteiger partial charge in [0.15, 0.2) is 0 Å². The quantitative estimate of drug-likeness (QED) is 0.443. The van der Waals surface area contributed by atoms with Crippen molar-refractivity contribution in [3.8, 4) is 0 Å². The number of carbonyl (C=O) groups excluding carboxylic acids is 1. The maximum atomic E-state index is 12.2. The number of hydrazine groups is 1. The van der Waals surface area contributed by atoms with E-state index in [4.69, 9.17) is 10.4 Å². The van der Waals surface area contributed by atoms with E-state index in [1.54, 1.807) is 13.8 Å². The van der Waals surface area contributed by atoms with E-state index in [0.29, 0.717) is 11.3 Å². The molecule has 0 radical (unpaired) electrons. The highest BCUT2D eigenvalue weighted by Gasteiger charge is 2.25. The van der Waals surface area contributed by atoms with Gasteiger partial charge in [0.05, 0.1) is 10.6 Å². The summed E-state index contributed by atoms with van der Waals surface area (Å²) in [6, 6.07) is 4.21. The molecule has 0 aliphatic rings. The van der Waals surface area contributed by atoms with Crippen molar-refractivity contribution < 1.29 is 14.2 Å². The number of nitro groups is 1. The smallest absolute Gasteiger partial charge is 0.306 e. The van der Waals surface area contributed by atoms with Gasteiger partial charge in [0.2, 0.25) is 5.88 Å². The largest absolute Gasteiger partial charge is 0.338 e. The highest BCUT2D eigenvalue weighted by Crippen LogP contribution is 2.29. The lowest BCUT2D eigenvalue weighted by atomic mass is 10.1. The van der Waals surface area contributed by atoms with Crippen LogP contribution < -0.4 is 16.6 Å². The van der Waals surface area contributed by atoms with Gasteiger partial charge in [-0.2, -0.15) is 0 Å². The number of para-hydroxylation sites is 1.